The number of carbonyl (C=O) groups excluding carboxylic acids is 1. The van der Waals surface area contributed by atoms with E-state index in [1.807, 2.05) is 50.2 Å². The molecule has 0 radical (unpaired) electrons. The summed E-state index contributed by atoms with van der Waals surface area (Å²) in [6, 6.07) is 11.6. The summed E-state index contributed by atoms with van der Waals surface area (Å²) in [4.78, 5) is 12.0. The van der Waals surface area contributed by atoms with Gasteiger partial charge in [-0.3, -0.25) is 4.79 Å². The van der Waals surface area contributed by atoms with Gasteiger partial charge in [0, 0.05) is 18.0 Å². The van der Waals surface area contributed by atoms with Gasteiger partial charge in [-0.1, -0.05) is 17.7 Å². The summed E-state index contributed by atoms with van der Waals surface area (Å²) in [5, 5.41) is 3.00. The summed E-state index contributed by atoms with van der Waals surface area (Å²) in [7, 11) is 0. The molecule has 1 N–H and O–H groups in total. The predicted octanol–water partition coefficient (Wildman–Crippen LogP) is 3.34. The first-order chi connectivity index (χ1) is 9.15. The van der Waals surface area contributed by atoms with Gasteiger partial charge in [-0.2, -0.15) is 0 Å². The topological polar surface area (TPSA) is 42.2 Å². The summed E-state index contributed by atoms with van der Waals surface area (Å²) in [5.41, 5.74) is 1.86. The van der Waals surface area contributed by atoms with Crippen molar-refractivity contribution in [2.45, 2.75) is 32.7 Å². The minimum absolute atomic E-state index is 0.0213. The largest absolute Gasteiger partial charge is 0.469 e. The molecule has 3 nitrogen and oxygen atoms in total. The van der Waals surface area contributed by atoms with Crippen molar-refractivity contribution in [2.75, 3.05) is 0 Å². The van der Waals surface area contributed by atoms with Crippen molar-refractivity contribution in [3.05, 3.63) is 59.5 Å². The van der Waals surface area contributed by atoms with Crippen LogP contribution in [0.2, 0.25) is 0 Å². The number of nitrogens with one attached hydrogen (secondary N) is 1. The van der Waals surface area contributed by atoms with Crippen molar-refractivity contribution in [3.8, 4) is 0 Å². The minimum Gasteiger partial charge on any atom is -0.469 e. The molecule has 3 heteroatoms. The van der Waals surface area contributed by atoms with E-state index in [1.165, 1.54) is 0 Å². The Morgan fingerprint density at radius 2 is 2.00 bits per heavy atom. The fourth-order valence-corrected chi connectivity index (χ4v) is 1.90. The molecule has 100 valence electrons. The van der Waals surface area contributed by atoms with Gasteiger partial charge >= 0.3 is 0 Å². The highest BCUT2D eigenvalue weighted by molar-refractivity contribution is 5.94. The molecule has 0 spiro atoms. The molecule has 0 bridgehead atoms. The van der Waals surface area contributed by atoms with E-state index in [9.17, 15) is 4.79 Å². The highest BCUT2D eigenvalue weighted by atomic mass is 16.3. The summed E-state index contributed by atoms with van der Waals surface area (Å²) in [5.74, 6) is 0.934. The second-order valence-corrected chi connectivity index (χ2v) is 4.86. The summed E-state index contributed by atoms with van der Waals surface area (Å²) in [6.07, 6.45) is 3.37. The Balaban J connectivity index is 1.83. The number of hydrogen-bond acceptors (Lipinski definition) is 2. The zero-order valence-electron chi connectivity index (χ0n) is 11.3. The average Bonchev–Trinajstić information content (AvgIpc) is 2.90. The number of amides is 1. The molecule has 1 aromatic carbocycles. The van der Waals surface area contributed by atoms with Gasteiger partial charge in [0.15, 0.2) is 0 Å². The van der Waals surface area contributed by atoms with Crippen LogP contribution in [0, 0.1) is 6.92 Å². The molecule has 1 unspecified atom stereocenters. The fraction of sp³-hybridized carbons (Fsp3) is 0.312. The molecule has 1 amide bonds. The van der Waals surface area contributed by atoms with Crippen LogP contribution in [0.25, 0.3) is 0 Å². The Bertz CT molecular complexity index is 514. The van der Waals surface area contributed by atoms with Crippen molar-refractivity contribution < 1.29 is 9.21 Å². The summed E-state index contributed by atoms with van der Waals surface area (Å²) in [6.45, 7) is 4.02. The van der Waals surface area contributed by atoms with Crippen LogP contribution in [0.4, 0.5) is 0 Å². The molecule has 1 aromatic heterocycles. The number of furan rings is 1. The van der Waals surface area contributed by atoms with Gasteiger partial charge in [-0.05, 0) is 44.5 Å². The summed E-state index contributed by atoms with van der Waals surface area (Å²) >= 11 is 0. The maximum atomic E-state index is 12.0. The average molecular weight is 257 g/mol. The Morgan fingerprint density at radius 1 is 1.26 bits per heavy atom. The van der Waals surface area contributed by atoms with Crippen LogP contribution in [-0.4, -0.2) is 11.9 Å². The smallest absolute Gasteiger partial charge is 0.251 e. The van der Waals surface area contributed by atoms with Crippen LogP contribution < -0.4 is 5.32 Å². The molecule has 0 aliphatic heterocycles. The molecule has 1 atom stereocenters. The van der Waals surface area contributed by atoms with Gasteiger partial charge in [0.1, 0.15) is 5.76 Å². The lowest BCUT2D eigenvalue weighted by molar-refractivity contribution is 0.0938. The fourth-order valence-electron chi connectivity index (χ4n) is 1.90. The molecule has 0 saturated carbocycles. The first kappa shape index (κ1) is 13.4. The lowest BCUT2D eigenvalue weighted by atomic mass is 10.1. The van der Waals surface area contributed by atoms with E-state index in [4.69, 9.17) is 4.42 Å². The second kappa shape index (κ2) is 6.23. The van der Waals surface area contributed by atoms with Crippen LogP contribution in [-0.2, 0) is 6.42 Å². The molecule has 2 rings (SSSR count). The Morgan fingerprint density at radius 3 is 2.63 bits per heavy atom. The molecule has 19 heavy (non-hydrogen) atoms. The first-order valence-electron chi connectivity index (χ1n) is 6.55. The van der Waals surface area contributed by atoms with Crippen molar-refractivity contribution in [2.24, 2.45) is 0 Å². The Kier molecular flexibility index (Phi) is 4.39. The third-order valence-corrected chi connectivity index (χ3v) is 3.10. The van der Waals surface area contributed by atoms with E-state index in [2.05, 4.69) is 5.32 Å². The van der Waals surface area contributed by atoms with Crippen molar-refractivity contribution in [1.29, 1.82) is 0 Å². The zero-order valence-corrected chi connectivity index (χ0v) is 11.3. The number of rotatable bonds is 5. The van der Waals surface area contributed by atoms with Crippen molar-refractivity contribution in [3.63, 3.8) is 0 Å². The van der Waals surface area contributed by atoms with E-state index in [0.717, 1.165) is 24.2 Å². The molecule has 0 fully saturated rings. The normalized spacial score (nSPS) is 12.1. The number of benzene rings is 1. The maximum absolute atomic E-state index is 12.0. The van der Waals surface area contributed by atoms with Gasteiger partial charge in [-0.25, -0.2) is 0 Å². The molecule has 2 aromatic rings. The van der Waals surface area contributed by atoms with Gasteiger partial charge in [-0.15, -0.1) is 0 Å². The van der Waals surface area contributed by atoms with Gasteiger partial charge < -0.3 is 9.73 Å². The van der Waals surface area contributed by atoms with E-state index in [1.54, 1.807) is 6.26 Å². The van der Waals surface area contributed by atoms with Crippen LogP contribution in [0.3, 0.4) is 0 Å². The number of hydrogen-bond donors (Lipinski definition) is 1. The van der Waals surface area contributed by atoms with E-state index < -0.39 is 0 Å². The lowest BCUT2D eigenvalue weighted by Gasteiger charge is -2.13. The molecular formula is C16H19NO2. The monoisotopic (exact) mass is 257 g/mol. The van der Waals surface area contributed by atoms with E-state index >= 15 is 0 Å². The molecular weight excluding hydrogens is 238 g/mol. The van der Waals surface area contributed by atoms with Crippen LogP contribution in [0.15, 0.2) is 47.1 Å². The second-order valence-electron chi connectivity index (χ2n) is 4.86. The minimum atomic E-state index is -0.0213. The number of aryl methyl sites for hydroxylation is 2. The predicted molar refractivity (Wildman–Crippen MR) is 75.1 cm³/mol. The highest BCUT2D eigenvalue weighted by Gasteiger charge is 2.10. The molecule has 0 aliphatic carbocycles. The third kappa shape index (κ3) is 3.98. The van der Waals surface area contributed by atoms with E-state index in [0.29, 0.717) is 5.56 Å². The standard InChI is InChI=1S/C16H19NO2/c1-12-5-8-14(9-6-12)16(18)17-13(2)7-10-15-4-3-11-19-15/h3-6,8-9,11,13H,7,10H2,1-2H3,(H,17,18). The SMILES string of the molecule is Cc1ccc(C(=O)NC(C)CCc2ccco2)cc1. The lowest BCUT2D eigenvalue weighted by Crippen LogP contribution is -2.32. The molecule has 0 aliphatic rings. The Hall–Kier alpha value is -2.03. The van der Waals surface area contributed by atoms with Crippen LogP contribution in [0.5, 0.6) is 0 Å². The molecule has 0 saturated heterocycles. The third-order valence-electron chi connectivity index (χ3n) is 3.10. The molecule has 1 heterocycles. The van der Waals surface area contributed by atoms with Crippen molar-refractivity contribution in [1.82, 2.24) is 5.32 Å². The van der Waals surface area contributed by atoms with Crippen LogP contribution in [0.1, 0.15) is 35.0 Å². The van der Waals surface area contributed by atoms with Crippen LogP contribution >= 0.6 is 0 Å². The van der Waals surface area contributed by atoms with E-state index in [-0.39, 0.29) is 11.9 Å². The quantitative estimate of drug-likeness (QED) is 0.892. The first-order valence-corrected chi connectivity index (χ1v) is 6.55. The summed E-state index contributed by atoms with van der Waals surface area (Å²) < 4.78 is 5.27. The Labute approximate surface area is 113 Å². The van der Waals surface area contributed by atoms with Gasteiger partial charge in [0.25, 0.3) is 5.91 Å². The van der Waals surface area contributed by atoms with Gasteiger partial charge in [0.2, 0.25) is 0 Å². The zero-order chi connectivity index (χ0) is 13.7. The maximum Gasteiger partial charge on any atom is 0.251 e. The van der Waals surface area contributed by atoms with Gasteiger partial charge in [0.05, 0.1) is 6.26 Å². The number of carbonyl (C=O) groups is 1. The highest BCUT2D eigenvalue weighted by Crippen LogP contribution is 2.07. The van der Waals surface area contributed by atoms with Crippen molar-refractivity contribution >= 4 is 5.91 Å².